The Balaban J connectivity index is 0.00000324. The molecule has 1 aromatic carbocycles. The zero-order valence-corrected chi connectivity index (χ0v) is 12.8. The normalized spacial score (nSPS) is 13.3. The van der Waals surface area contributed by atoms with Gasteiger partial charge in [0.15, 0.2) is 0 Å². The van der Waals surface area contributed by atoms with Crippen LogP contribution < -0.4 is 11.1 Å². The van der Waals surface area contributed by atoms with E-state index >= 15 is 0 Å². The van der Waals surface area contributed by atoms with Crippen LogP contribution in [0.1, 0.15) is 50.3 Å². The molecule has 3 nitrogen and oxygen atoms in total. The Hall–Kier alpha value is -1.06. The molecule has 0 saturated carbocycles. The maximum atomic E-state index is 12.0. The van der Waals surface area contributed by atoms with Gasteiger partial charge in [-0.1, -0.05) is 50.1 Å². The largest absolute Gasteiger partial charge is 0.352 e. The Labute approximate surface area is 122 Å². The van der Waals surface area contributed by atoms with Crippen LogP contribution in [0.2, 0.25) is 0 Å². The number of rotatable bonds is 6. The van der Waals surface area contributed by atoms with Crippen molar-refractivity contribution in [3.8, 4) is 0 Å². The first kappa shape index (κ1) is 17.9. The quantitative estimate of drug-likeness (QED) is 0.843. The van der Waals surface area contributed by atoms with Crippen LogP contribution in [0.4, 0.5) is 0 Å². The van der Waals surface area contributed by atoms with E-state index < -0.39 is 6.04 Å². The molecule has 108 valence electrons. The summed E-state index contributed by atoms with van der Waals surface area (Å²) in [5, 5.41) is 3.02. The number of carbonyl (C=O) groups excluding carboxylic acids is 1. The van der Waals surface area contributed by atoms with Crippen LogP contribution >= 0.6 is 12.4 Å². The van der Waals surface area contributed by atoms with Crippen LogP contribution in [-0.2, 0) is 4.79 Å². The van der Waals surface area contributed by atoms with Crippen molar-refractivity contribution in [3.05, 3.63) is 35.4 Å². The molecule has 4 heteroatoms. The summed E-state index contributed by atoms with van der Waals surface area (Å²) in [4.78, 5) is 12.0. The number of halogens is 1. The smallest absolute Gasteiger partial charge is 0.241 e. The van der Waals surface area contributed by atoms with Gasteiger partial charge < -0.3 is 11.1 Å². The topological polar surface area (TPSA) is 55.1 Å². The molecule has 0 aromatic heterocycles. The van der Waals surface area contributed by atoms with Crippen LogP contribution in [0, 0.1) is 6.92 Å². The van der Waals surface area contributed by atoms with E-state index in [0.29, 0.717) is 0 Å². The third-order valence-corrected chi connectivity index (χ3v) is 3.20. The van der Waals surface area contributed by atoms with E-state index in [1.54, 1.807) is 0 Å². The highest BCUT2D eigenvalue weighted by Gasteiger charge is 2.18. The molecular weight excluding hydrogens is 260 g/mol. The minimum Gasteiger partial charge on any atom is -0.352 e. The van der Waals surface area contributed by atoms with Crippen molar-refractivity contribution in [1.29, 1.82) is 0 Å². The van der Waals surface area contributed by atoms with Gasteiger partial charge in [0.2, 0.25) is 5.91 Å². The lowest BCUT2D eigenvalue weighted by Gasteiger charge is -2.19. The molecule has 0 fully saturated rings. The minimum atomic E-state index is -0.573. The predicted molar refractivity (Wildman–Crippen MR) is 82.5 cm³/mol. The second-order valence-electron chi connectivity index (χ2n) is 4.79. The Kier molecular flexibility index (Phi) is 8.44. The van der Waals surface area contributed by atoms with Gasteiger partial charge in [0.1, 0.15) is 6.04 Å². The molecule has 0 spiro atoms. The van der Waals surface area contributed by atoms with Crippen LogP contribution in [0.5, 0.6) is 0 Å². The molecule has 0 radical (unpaired) electrons. The number of benzene rings is 1. The highest BCUT2D eigenvalue weighted by molar-refractivity contribution is 5.85. The fraction of sp³-hybridized carbons (Fsp3) is 0.533. The summed E-state index contributed by atoms with van der Waals surface area (Å²) in [6, 6.07) is 7.45. The zero-order valence-electron chi connectivity index (χ0n) is 12.0. The number of amides is 1. The Morgan fingerprint density at radius 2 is 1.84 bits per heavy atom. The lowest BCUT2D eigenvalue weighted by atomic mass is 10.0. The summed E-state index contributed by atoms with van der Waals surface area (Å²) in [5.74, 6) is -0.0841. The minimum absolute atomic E-state index is 0. The molecule has 0 aliphatic heterocycles. The molecule has 0 aliphatic carbocycles. The Bertz CT molecular complexity index is 378. The molecule has 3 N–H and O–H groups in total. The second-order valence-corrected chi connectivity index (χ2v) is 4.79. The molecular formula is C15H25ClN2O. The molecule has 1 rings (SSSR count). The number of carbonyl (C=O) groups is 1. The maximum Gasteiger partial charge on any atom is 0.241 e. The van der Waals surface area contributed by atoms with E-state index in [1.165, 1.54) is 5.56 Å². The van der Waals surface area contributed by atoms with Gasteiger partial charge in [-0.05, 0) is 25.3 Å². The van der Waals surface area contributed by atoms with E-state index in [9.17, 15) is 4.79 Å². The van der Waals surface area contributed by atoms with Gasteiger partial charge in [-0.15, -0.1) is 12.4 Å². The summed E-state index contributed by atoms with van der Waals surface area (Å²) in [5.41, 5.74) is 8.01. The monoisotopic (exact) mass is 284 g/mol. The number of nitrogens with two attached hydrogens (primary N) is 1. The molecule has 19 heavy (non-hydrogen) atoms. The Morgan fingerprint density at radius 3 is 2.32 bits per heavy atom. The molecule has 1 amide bonds. The van der Waals surface area contributed by atoms with Crippen molar-refractivity contribution in [2.45, 2.75) is 52.1 Å². The van der Waals surface area contributed by atoms with Gasteiger partial charge in [-0.25, -0.2) is 0 Å². The van der Waals surface area contributed by atoms with E-state index in [4.69, 9.17) is 5.73 Å². The predicted octanol–water partition coefficient (Wildman–Crippen LogP) is 3.11. The van der Waals surface area contributed by atoms with E-state index in [0.717, 1.165) is 24.8 Å². The summed E-state index contributed by atoms with van der Waals surface area (Å²) >= 11 is 0. The van der Waals surface area contributed by atoms with Crippen molar-refractivity contribution in [1.82, 2.24) is 5.32 Å². The third-order valence-electron chi connectivity index (χ3n) is 3.20. The van der Waals surface area contributed by atoms with E-state index in [-0.39, 0.29) is 24.4 Å². The van der Waals surface area contributed by atoms with Crippen LogP contribution in [-0.4, -0.2) is 11.9 Å². The van der Waals surface area contributed by atoms with Gasteiger partial charge in [0, 0.05) is 6.04 Å². The van der Waals surface area contributed by atoms with Crippen molar-refractivity contribution in [2.75, 3.05) is 0 Å². The lowest BCUT2D eigenvalue weighted by Crippen LogP contribution is -2.40. The molecule has 2 unspecified atom stereocenters. The highest BCUT2D eigenvalue weighted by Crippen LogP contribution is 2.12. The number of hydrogen-bond donors (Lipinski definition) is 2. The first-order valence-corrected chi connectivity index (χ1v) is 6.71. The zero-order chi connectivity index (χ0) is 13.5. The molecule has 0 aliphatic rings. The molecule has 0 saturated heterocycles. The average molecular weight is 285 g/mol. The number of nitrogens with one attached hydrogen (secondary N) is 1. The number of aryl methyl sites for hydroxylation is 1. The SMILES string of the molecule is CCCC(CC)NC(=O)C(N)c1ccc(C)cc1.Cl. The van der Waals surface area contributed by atoms with E-state index in [2.05, 4.69) is 19.2 Å². The molecule has 0 heterocycles. The van der Waals surface area contributed by atoms with Crippen LogP contribution in [0.3, 0.4) is 0 Å². The van der Waals surface area contributed by atoms with Crippen molar-refractivity contribution in [3.63, 3.8) is 0 Å². The van der Waals surface area contributed by atoms with Gasteiger partial charge in [0.05, 0.1) is 0 Å². The molecule has 2 atom stereocenters. The average Bonchev–Trinajstić information content (AvgIpc) is 2.38. The maximum absolute atomic E-state index is 12.0. The fourth-order valence-electron chi connectivity index (χ4n) is 1.94. The first-order chi connectivity index (χ1) is 8.58. The lowest BCUT2D eigenvalue weighted by molar-refractivity contribution is -0.123. The molecule has 0 bridgehead atoms. The Morgan fingerprint density at radius 1 is 1.26 bits per heavy atom. The second kappa shape index (κ2) is 8.94. The summed E-state index contributed by atoms with van der Waals surface area (Å²) in [6.45, 7) is 6.22. The van der Waals surface area contributed by atoms with Crippen LogP contribution in [0.15, 0.2) is 24.3 Å². The third kappa shape index (κ3) is 5.62. The molecule has 1 aromatic rings. The summed E-state index contributed by atoms with van der Waals surface area (Å²) < 4.78 is 0. The first-order valence-electron chi connectivity index (χ1n) is 6.71. The van der Waals surface area contributed by atoms with Crippen molar-refractivity contribution >= 4 is 18.3 Å². The van der Waals surface area contributed by atoms with E-state index in [1.807, 2.05) is 31.2 Å². The van der Waals surface area contributed by atoms with Crippen molar-refractivity contribution in [2.24, 2.45) is 5.73 Å². The highest BCUT2D eigenvalue weighted by atomic mass is 35.5. The van der Waals surface area contributed by atoms with Gasteiger partial charge in [-0.2, -0.15) is 0 Å². The summed E-state index contributed by atoms with van der Waals surface area (Å²) in [7, 11) is 0. The van der Waals surface area contributed by atoms with Gasteiger partial charge in [-0.3, -0.25) is 4.79 Å². The summed E-state index contributed by atoms with van der Waals surface area (Å²) in [6.07, 6.45) is 3.02. The van der Waals surface area contributed by atoms with Gasteiger partial charge >= 0.3 is 0 Å². The standard InChI is InChI=1S/C15H24N2O.ClH/c1-4-6-13(5-2)17-15(18)14(16)12-9-7-11(3)8-10-12;/h7-10,13-14H,4-6,16H2,1-3H3,(H,17,18);1H. The number of hydrogen-bond acceptors (Lipinski definition) is 2. The van der Waals surface area contributed by atoms with Crippen molar-refractivity contribution < 1.29 is 4.79 Å². The fourth-order valence-corrected chi connectivity index (χ4v) is 1.94. The van der Waals surface area contributed by atoms with Gasteiger partial charge in [0.25, 0.3) is 0 Å². The van der Waals surface area contributed by atoms with Crippen LogP contribution in [0.25, 0.3) is 0 Å².